The zero-order chi connectivity index (χ0) is 13.5. The molecule has 0 bridgehead atoms. The molecule has 0 radical (unpaired) electrons. The van der Waals surface area contributed by atoms with Gasteiger partial charge in [0.1, 0.15) is 5.75 Å². The van der Waals surface area contributed by atoms with E-state index in [1.165, 1.54) is 24.8 Å². The van der Waals surface area contributed by atoms with Crippen molar-refractivity contribution >= 4 is 5.91 Å². The molecule has 0 heterocycles. The number of carbonyl (C=O) groups is 1. The van der Waals surface area contributed by atoms with E-state index >= 15 is 0 Å². The third kappa shape index (κ3) is 4.58. The van der Waals surface area contributed by atoms with E-state index in [2.05, 4.69) is 18.3 Å². The van der Waals surface area contributed by atoms with Gasteiger partial charge < -0.3 is 10.1 Å². The number of hydrogen-bond acceptors (Lipinski definition) is 2. The summed E-state index contributed by atoms with van der Waals surface area (Å²) < 4.78 is 5.54. The molecule has 1 fully saturated rings. The Morgan fingerprint density at radius 3 is 2.84 bits per heavy atom. The van der Waals surface area contributed by atoms with Crippen molar-refractivity contribution in [2.45, 2.75) is 51.5 Å². The van der Waals surface area contributed by atoms with Crippen molar-refractivity contribution in [3.8, 4) is 5.75 Å². The van der Waals surface area contributed by atoms with Crippen molar-refractivity contribution in [2.75, 3.05) is 6.61 Å². The van der Waals surface area contributed by atoms with Crippen LogP contribution >= 0.6 is 0 Å². The first-order valence-corrected chi connectivity index (χ1v) is 7.29. The van der Waals surface area contributed by atoms with Crippen molar-refractivity contribution in [3.63, 3.8) is 0 Å². The lowest BCUT2D eigenvalue weighted by molar-refractivity contribution is -0.124. The van der Waals surface area contributed by atoms with E-state index < -0.39 is 0 Å². The second kappa shape index (κ2) is 7.17. The third-order valence-electron chi connectivity index (χ3n) is 3.65. The molecule has 1 aromatic carbocycles. The first-order valence-electron chi connectivity index (χ1n) is 7.29. The molecular formula is C16H23NO2. The van der Waals surface area contributed by atoms with Crippen LogP contribution in [0.5, 0.6) is 5.75 Å². The smallest absolute Gasteiger partial charge is 0.258 e. The van der Waals surface area contributed by atoms with Gasteiger partial charge in [-0.2, -0.15) is 0 Å². The Hall–Kier alpha value is -1.51. The Bertz CT molecular complexity index is 411. The molecule has 1 amide bonds. The summed E-state index contributed by atoms with van der Waals surface area (Å²) in [7, 11) is 0. The molecule has 19 heavy (non-hydrogen) atoms. The molecule has 0 spiro atoms. The Balaban J connectivity index is 1.76. The van der Waals surface area contributed by atoms with Crippen molar-refractivity contribution in [2.24, 2.45) is 0 Å². The third-order valence-corrected chi connectivity index (χ3v) is 3.65. The van der Waals surface area contributed by atoms with E-state index in [0.717, 1.165) is 25.0 Å². The van der Waals surface area contributed by atoms with Crippen LogP contribution in [0, 0.1) is 0 Å². The van der Waals surface area contributed by atoms with Crippen LogP contribution in [0.25, 0.3) is 0 Å². The minimum absolute atomic E-state index is 0.00574. The highest BCUT2D eigenvalue weighted by Gasteiger charge is 2.15. The molecule has 0 aromatic heterocycles. The van der Waals surface area contributed by atoms with Gasteiger partial charge in [-0.3, -0.25) is 4.79 Å². The normalized spacial score (nSPS) is 16.1. The van der Waals surface area contributed by atoms with Gasteiger partial charge in [0.15, 0.2) is 6.61 Å². The van der Waals surface area contributed by atoms with Gasteiger partial charge in [-0.1, -0.05) is 38.3 Å². The number of aryl methyl sites for hydroxylation is 1. The maximum Gasteiger partial charge on any atom is 0.258 e. The van der Waals surface area contributed by atoms with Gasteiger partial charge in [0, 0.05) is 6.04 Å². The molecule has 3 heteroatoms. The molecule has 1 aliphatic rings. The molecule has 104 valence electrons. The lowest BCUT2D eigenvalue weighted by atomic mass is 9.95. The number of benzene rings is 1. The topological polar surface area (TPSA) is 38.3 Å². The van der Waals surface area contributed by atoms with Crippen LogP contribution in [0.15, 0.2) is 24.3 Å². The summed E-state index contributed by atoms with van der Waals surface area (Å²) in [4.78, 5) is 11.8. The van der Waals surface area contributed by atoms with E-state index in [0.29, 0.717) is 6.04 Å². The molecule has 1 N–H and O–H groups in total. The van der Waals surface area contributed by atoms with Gasteiger partial charge in [0.25, 0.3) is 5.91 Å². The zero-order valence-electron chi connectivity index (χ0n) is 11.7. The Morgan fingerprint density at radius 2 is 2.11 bits per heavy atom. The van der Waals surface area contributed by atoms with Crippen LogP contribution in [0.2, 0.25) is 0 Å². The average Bonchev–Trinajstić information content (AvgIpc) is 2.46. The molecular weight excluding hydrogens is 238 g/mol. The van der Waals surface area contributed by atoms with E-state index in [1.54, 1.807) is 0 Å². The molecule has 0 saturated heterocycles. The first-order chi connectivity index (χ1) is 9.28. The van der Waals surface area contributed by atoms with Gasteiger partial charge in [0.05, 0.1) is 0 Å². The molecule has 2 rings (SSSR count). The summed E-state index contributed by atoms with van der Waals surface area (Å²) in [5.41, 5.74) is 1.23. The van der Waals surface area contributed by atoms with Crippen molar-refractivity contribution in [1.29, 1.82) is 0 Å². The minimum atomic E-state index is -0.00574. The largest absolute Gasteiger partial charge is 0.484 e. The first kappa shape index (κ1) is 13.9. The second-order valence-electron chi connectivity index (χ2n) is 5.19. The molecule has 1 aromatic rings. The van der Waals surface area contributed by atoms with Gasteiger partial charge in [-0.05, 0) is 37.0 Å². The molecule has 0 aliphatic heterocycles. The lowest BCUT2D eigenvalue weighted by Crippen LogP contribution is -2.38. The Kier molecular flexibility index (Phi) is 5.25. The van der Waals surface area contributed by atoms with E-state index in [1.807, 2.05) is 18.2 Å². The lowest BCUT2D eigenvalue weighted by Gasteiger charge is -2.22. The predicted molar refractivity (Wildman–Crippen MR) is 76.3 cm³/mol. The van der Waals surface area contributed by atoms with Crippen molar-refractivity contribution in [3.05, 3.63) is 29.8 Å². The molecule has 1 saturated carbocycles. The number of carbonyl (C=O) groups excluding carboxylic acids is 1. The fraction of sp³-hybridized carbons (Fsp3) is 0.562. The fourth-order valence-electron chi connectivity index (χ4n) is 2.52. The standard InChI is InChI=1S/C16H23NO2/c1-2-13-7-6-10-15(11-13)19-12-16(18)17-14-8-4-3-5-9-14/h6-7,10-11,14H,2-5,8-9,12H2,1H3,(H,17,18). The van der Waals surface area contributed by atoms with Crippen LogP contribution in [0.4, 0.5) is 0 Å². The summed E-state index contributed by atoms with van der Waals surface area (Å²) >= 11 is 0. The zero-order valence-corrected chi connectivity index (χ0v) is 11.7. The van der Waals surface area contributed by atoms with E-state index in [9.17, 15) is 4.79 Å². The summed E-state index contributed by atoms with van der Waals surface area (Å²) in [6.07, 6.45) is 6.95. The van der Waals surface area contributed by atoms with Crippen LogP contribution < -0.4 is 10.1 Å². The fourth-order valence-corrected chi connectivity index (χ4v) is 2.52. The quantitative estimate of drug-likeness (QED) is 0.884. The van der Waals surface area contributed by atoms with Crippen LogP contribution in [0.1, 0.15) is 44.6 Å². The number of nitrogens with one attached hydrogen (secondary N) is 1. The number of rotatable bonds is 5. The maximum absolute atomic E-state index is 11.8. The number of hydrogen-bond donors (Lipinski definition) is 1. The number of ether oxygens (including phenoxy) is 1. The van der Waals surface area contributed by atoms with Gasteiger partial charge in [-0.25, -0.2) is 0 Å². The highest BCUT2D eigenvalue weighted by atomic mass is 16.5. The SMILES string of the molecule is CCc1cccc(OCC(=O)NC2CCCCC2)c1. The highest BCUT2D eigenvalue weighted by molar-refractivity contribution is 5.77. The summed E-state index contributed by atoms with van der Waals surface area (Å²) in [5.74, 6) is 0.770. The monoisotopic (exact) mass is 261 g/mol. The summed E-state index contributed by atoms with van der Waals surface area (Å²) in [6.45, 7) is 2.22. The maximum atomic E-state index is 11.8. The van der Waals surface area contributed by atoms with Crippen LogP contribution in [0.3, 0.4) is 0 Å². The van der Waals surface area contributed by atoms with Crippen molar-refractivity contribution in [1.82, 2.24) is 5.32 Å². The molecule has 0 atom stereocenters. The van der Waals surface area contributed by atoms with E-state index in [-0.39, 0.29) is 12.5 Å². The number of amides is 1. The predicted octanol–water partition coefficient (Wildman–Crippen LogP) is 3.08. The van der Waals surface area contributed by atoms with Gasteiger partial charge in [-0.15, -0.1) is 0 Å². The molecule has 3 nitrogen and oxygen atoms in total. The summed E-state index contributed by atoms with van der Waals surface area (Å²) in [6, 6.07) is 8.27. The van der Waals surface area contributed by atoms with E-state index in [4.69, 9.17) is 4.74 Å². The average molecular weight is 261 g/mol. The van der Waals surface area contributed by atoms with Gasteiger partial charge >= 0.3 is 0 Å². The van der Waals surface area contributed by atoms with Crippen LogP contribution in [-0.4, -0.2) is 18.6 Å². The molecule has 0 unspecified atom stereocenters. The van der Waals surface area contributed by atoms with Crippen molar-refractivity contribution < 1.29 is 9.53 Å². The molecule has 1 aliphatic carbocycles. The van der Waals surface area contributed by atoms with Gasteiger partial charge in [0.2, 0.25) is 0 Å². The highest BCUT2D eigenvalue weighted by Crippen LogP contribution is 2.17. The Labute approximate surface area is 115 Å². The minimum Gasteiger partial charge on any atom is -0.484 e. The van der Waals surface area contributed by atoms with Crippen LogP contribution in [-0.2, 0) is 11.2 Å². The summed E-state index contributed by atoms with van der Waals surface area (Å²) in [5, 5.41) is 3.05. The Morgan fingerprint density at radius 1 is 1.32 bits per heavy atom. The second-order valence-corrected chi connectivity index (χ2v) is 5.19.